The number of benzene rings is 1. The fourth-order valence-electron chi connectivity index (χ4n) is 2.66. The van der Waals surface area contributed by atoms with Gasteiger partial charge < -0.3 is 15.6 Å². The second-order valence-electron chi connectivity index (χ2n) is 5.29. The fourth-order valence-corrected chi connectivity index (χ4v) is 2.66. The summed E-state index contributed by atoms with van der Waals surface area (Å²) >= 11 is 0. The average molecular weight is 324 g/mol. The molecule has 3 rings (SSSR count). The number of nitrogens with one attached hydrogen (secondary N) is 3. The van der Waals surface area contributed by atoms with Crippen molar-refractivity contribution in [1.82, 2.24) is 15.6 Å². The van der Waals surface area contributed by atoms with Gasteiger partial charge in [0.05, 0.1) is 5.56 Å². The van der Waals surface area contributed by atoms with Crippen LogP contribution in [0.25, 0.3) is 11.1 Å². The number of rotatable bonds is 4. The molecule has 4 nitrogen and oxygen atoms in total. The van der Waals surface area contributed by atoms with Gasteiger partial charge in [0.25, 0.3) is 5.91 Å². The molecule has 6 heteroatoms. The number of carbonyl (C=O) groups excluding carboxylic acids is 1. The van der Waals surface area contributed by atoms with E-state index in [1.165, 1.54) is 12.1 Å². The lowest BCUT2D eigenvalue weighted by Crippen LogP contribution is -2.37. The quantitative estimate of drug-likeness (QED) is 0.810. The van der Waals surface area contributed by atoms with Gasteiger partial charge in [-0.3, -0.25) is 4.79 Å². The molecule has 2 aromatic rings. The maximum absolute atomic E-state index is 13.0. The van der Waals surface area contributed by atoms with Crippen LogP contribution in [0, 0.1) is 5.82 Å². The molecule has 3 N–H and O–H groups in total. The number of halogens is 2. The number of H-pyrrole nitrogens is 1. The lowest BCUT2D eigenvalue weighted by molar-refractivity contribution is 0.0951. The number of aromatic amines is 1. The molecule has 22 heavy (non-hydrogen) atoms. The minimum absolute atomic E-state index is 0. The van der Waals surface area contributed by atoms with Crippen LogP contribution in [-0.4, -0.2) is 30.0 Å². The number of carbonyl (C=O) groups is 1. The van der Waals surface area contributed by atoms with Crippen LogP contribution in [0.15, 0.2) is 36.7 Å². The van der Waals surface area contributed by atoms with Gasteiger partial charge in [-0.25, -0.2) is 4.39 Å². The van der Waals surface area contributed by atoms with Crippen molar-refractivity contribution >= 4 is 18.3 Å². The molecule has 0 saturated carbocycles. The zero-order chi connectivity index (χ0) is 14.7. The van der Waals surface area contributed by atoms with E-state index in [0.29, 0.717) is 18.2 Å². The molecule has 1 aliphatic rings. The van der Waals surface area contributed by atoms with Gasteiger partial charge in [-0.2, -0.15) is 0 Å². The number of aromatic nitrogens is 1. The molecule has 0 radical (unpaired) electrons. The molecular formula is C16H19ClFN3O. The van der Waals surface area contributed by atoms with Crippen LogP contribution < -0.4 is 10.6 Å². The van der Waals surface area contributed by atoms with Gasteiger partial charge in [0.2, 0.25) is 0 Å². The van der Waals surface area contributed by atoms with Crippen molar-refractivity contribution in [3.63, 3.8) is 0 Å². The largest absolute Gasteiger partial charge is 0.366 e. The van der Waals surface area contributed by atoms with Gasteiger partial charge in [-0.1, -0.05) is 12.1 Å². The molecule has 118 valence electrons. The van der Waals surface area contributed by atoms with Crippen LogP contribution in [0.4, 0.5) is 4.39 Å². The van der Waals surface area contributed by atoms with E-state index in [2.05, 4.69) is 15.6 Å². The Labute approximate surface area is 134 Å². The van der Waals surface area contributed by atoms with Crippen LogP contribution >= 0.6 is 12.4 Å². The summed E-state index contributed by atoms with van der Waals surface area (Å²) in [5.41, 5.74) is 2.19. The highest BCUT2D eigenvalue weighted by Gasteiger charge is 2.17. The van der Waals surface area contributed by atoms with Crippen molar-refractivity contribution in [3.05, 3.63) is 48.0 Å². The van der Waals surface area contributed by atoms with Crippen molar-refractivity contribution in [2.75, 3.05) is 13.1 Å². The normalized spacial score (nSPS) is 17.0. The van der Waals surface area contributed by atoms with E-state index in [1.54, 1.807) is 24.5 Å². The summed E-state index contributed by atoms with van der Waals surface area (Å²) in [6, 6.07) is 6.50. The monoisotopic (exact) mass is 323 g/mol. The molecule has 0 bridgehead atoms. The van der Waals surface area contributed by atoms with Gasteiger partial charge in [-0.15, -0.1) is 12.4 Å². The Morgan fingerprint density at radius 3 is 2.73 bits per heavy atom. The molecule has 1 aliphatic heterocycles. The predicted octanol–water partition coefficient (Wildman–Crippen LogP) is 2.72. The smallest absolute Gasteiger partial charge is 0.253 e. The zero-order valence-corrected chi connectivity index (χ0v) is 12.9. The third-order valence-corrected chi connectivity index (χ3v) is 3.82. The third-order valence-electron chi connectivity index (χ3n) is 3.82. The van der Waals surface area contributed by atoms with E-state index in [0.717, 1.165) is 30.5 Å². The second kappa shape index (κ2) is 7.42. The molecule has 0 aliphatic carbocycles. The van der Waals surface area contributed by atoms with Crippen LogP contribution in [0.5, 0.6) is 0 Å². The van der Waals surface area contributed by atoms with Crippen LogP contribution in [0.2, 0.25) is 0 Å². The summed E-state index contributed by atoms with van der Waals surface area (Å²) in [5, 5.41) is 6.30. The molecule has 1 fully saturated rings. The van der Waals surface area contributed by atoms with Crippen LogP contribution in [0.1, 0.15) is 23.2 Å². The first-order valence-corrected chi connectivity index (χ1v) is 7.18. The number of hydrogen-bond donors (Lipinski definition) is 3. The number of hydrogen-bond acceptors (Lipinski definition) is 2. The minimum atomic E-state index is -0.285. The first kappa shape index (κ1) is 16.5. The van der Waals surface area contributed by atoms with Crippen molar-refractivity contribution < 1.29 is 9.18 Å². The maximum atomic E-state index is 13.0. The van der Waals surface area contributed by atoms with Gasteiger partial charge >= 0.3 is 0 Å². The minimum Gasteiger partial charge on any atom is -0.366 e. The van der Waals surface area contributed by atoms with Gasteiger partial charge in [0, 0.05) is 30.5 Å². The van der Waals surface area contributed by atoms with Crippen LogP contribution in [0.3, 0.4) is 0 Å². The first-order chi connectivity index (χ1) is 10.2. The lowest BCUT2D eigenvalue weighted by Gasteiger charge is -2.11. The molecular weight excluding hydrogens is 305 g/mol. The Kier molecular flexibility index (Phi) is 5.57. The summed E-state index contributed by atoms with van der Waals surface area (Å²) < 4.78 is 13.0. The Morgan fingerprint density at radius 2 is 2.05 bits per heavy atom. The van der Waals surface area contributed by atoms with Crippen molar-refractivity contribution in [1.29, 1.82) is 0 Å². The topological polar surface area (TPSA) is 56.9 Å². The van der Waals surface area contributed by atoms with E-state index in [1.807, 2.05) is 0 Å². The standard InChI is InChI=1S/C16H18FN3O.ClH/c17-12-5-3-11(4-6-12)14-9-18-10-15(14)16(21)20-8-13-2-1-7-19-13;/h3-6,9-10,13,18-19H,1-2,7-8H2,(H,20,21);1H. The molecule has 1 atom stereocenters. The van der Waals surface area contributed by atoms with E-state index in [4.69, 9.17) is 0 Å². The van der Waals surface area contributed by atoms with Crippen LogP contribution in [-0.2, 0) is 0 Å². The van der Waals surface area contributed by atoms with E-state index in [-0.39, 0.29) is 24.1 Å². The summed E-state index contributed by atoms with van der Waals surface area (Å²) in [6.45, 7) is 1.65. The van der Waals surface area contributed by atoms with Gasteiger partial charge in [-0.05, 0) is 37.1 Å². The molecule has 2 heterocycles. The Hall–Kier alpha value is -1.85. The molecule has 1 saturated heterocycles. The molecule has 0 spiro atoms. The second-order valence-corrected chi connectivity index (χ2v) is 5.29. The molecule has 1 amide bonds. The Morgan fingerprint density at radius 1 is 1.27 bits per heavy atom. The fraction of sp³-hybridized carbons (Fsp3) is 0.312. The Balaban J connectivity index is 0.00000176. The first-order valence-electron chi connectivity index (χ1n) is 7.18. The highest BCUT2D eigenvalue weighted by Crippen LogP contribution is 2.23. The van der Waals surface area contributed by atoms with Gasteiger partial charge in [0.15, 0.2) is 0 Å². The predicted molar refractivity (Wildman–Crippen MR) is 86.8 cm³/mol. The molecule has 1 aromatic carbocycles. The summed E-state index contributed by atoms with van der Waals surface area (Å²) in [7, 11) is 0. The van der Waals surface area contributed by atoms with Crippen molar-refractivity contribution in [3.8, 4) is 11.1 Å². The van der Waals surface area contributed by atoms with Gasteiger partial charge in [0.1, 0.15) is 5.82 Å². The third kappa shape index (κ3) is 3.67. The maximum Gasteiger partial charge on any atom is 0.253 e. The van der Waals surface area contributed by atoms with Crippen molar-refractivity contribution in [2.24, 2.45) is 0 Å². The molecule has 1 aromatic heterocycles. The van der Waals surface area contributed by atoms with E-state index >= 15 is 0 Å². The SMILES string of the molecule is Cl.O=C(NCC1CCCN1)c1c[nH]cc1-c1ccc(F)cc1. The zero-order valence-electron chi connectivity index (χ0n) is 12.1. The highest BCUT2D eigenvalue weighted by atomic mass is 35.5. The Bertz CT molecular complexity index is 621. The van der Waals surface area contributed by atoms with E-state index < -0.39 is 0 Å². The lowest BCUT2D eigenvalue weighted by atomic mass is 10.0. The summed E-state index contributed by atoms with van der Waals surface area (Å²) in [6.07, 6.45) is 5.69. The molecule has 1 unspecified atom stereocenters. The summed E-state index contributed by atoms with van der Waals surface area (Å²) in [5.74, 6) is -0.392. The van der Waals surface area contributed by atoms with Crippen molar-refractivity contribution in [2.45, 2.75) is 18.9 Å². The summed E-state index contributed by atoms with van der Waals surface area (Å²) in [4.78, 5) is 15.2. The number of amides is 1. The highest BCUT2D eigenvalue weighted by molar-refractivity contribution is 6.00. The van der Waals surface area contributed by atoms with E-state index in [9.17, 15) is 9.18 Å². The average Bonchev–Trinajstić information content (AvgIpc) is 3.17.